The summed E-state index contributed by atoms with van der Waals surface area (Å²) >= 11 is 0. The third-order valence-corrected chi connectivity index (χ3v) is 3.76. The maximum Gasteiger partial charge on any atom is 0.248 e. The van der Waals surface area contributed by atoms with Crippen LogP contribution in [0.25, 0.3) is 0 Å². The minimum absolute atomic E-state index is 0.0431. The zero-order valence-corrected chi connectivity index (χ0v) is 11.6. The zero-order valence-electron chi connectivity index (χ0n) is 11.6. The molecule has 0 spiro atoms. The van der Waals surface area contributed by atoms with Gasteiger partial charge in [0.2, 0.25) is 11.8 Å². The molecular formula is C17H16N2O2. The smallest absolute Gasteiger partial charge is 0.248 e. The molecule has 21 heavy (non-hydrogen) atoms. The number of primary amides is 1. The lowest BCUT2D eigenvalue weighted by Crippen LogP contribution is -2.30. The van der Waals surface area contributed by atoms with Gasteiger partial charge in [0.25, 0.3) is 0 Å². The van der Waals surface area contributed by atoms with Crippen LogP contribution in [0.15, 0.2) is 48.5 Å². The molecule has 1 aliphatic heterocycles. The largest absolute Gasteiger partial charge is 0.366 e. The Morgan fingerprint density at radius 3 is 2.57 bits per heavy atom. The van der Waals surface area contributed by atoms with Crippen molar-refractivity contribution in [2.24, 2.45) is 5.73 Å². The fourth-order valence-electron chi connectivity index (χ4n) is 2.66. The average Bonchev–Trinajstić information content (AvgIpc) is 2.91. The van der Waals surface area contributed by atoms with Crippen LogP contribution >= 0.6 is 0 Å². The lowest BCUT2D eigenvalue weighted by Gasteiger charge is -2.18. The fourth-order valence-corrected chi connectivity index (χ4v) is 2.66. The van der Waals surface area contributed by atoms with E-state index in [0.717, 1.165) is 23.2 Å². The van der Waals surface area contributed by atoms with Crippen LogP contribution in [0.1, 0.15) is 21.5 Å². The number of carbonyl (C=O) groups is 2. The summed E-state index contributed by atoms with van der Waals surface area (Å²) in [5.41, 5.74) is 8.63. The van der Waals surface area contributed by atoms with Crippen molar-refractivity contribution in [1.82, 2.24) is 0 Å². The van der Waals surface area contributed by atoms with Crippen molar-refractivity contribution in [1.29, 1.82) is 0 Å². The van der Waals surface area contributed by atoms with E-state index in [1.54, 1.807) is 17.0 Å². The van der Waals surface area contributed by atoms with Gasteiger partial charge in [-0.3, -0.25) is 9.59 Å². The number of rotatable bonds is 3. The zero-order chi connectivity index (χ0) is 14.8. The topological polar surface area (TPSA) is 63.4 Å². The van der Waals surface area contributed by atoms with E-state index in [1.807, 2.05) is 36.4 Å². The first-order valence-electron chi connectivity index (χ1n) is 6.92. The lowest BCUT2D eigenvalue weighted by molar-refractivity contribution is -0.117. The van der Waals surface area contributed by atoms with Crippen molar-refractivity contribution in [2.45, 2.75) is 12.8 Å². The SMILES string of the molecule is NC(=O)c1ccc2c(c1)N(C(=O)Cc1ccccc1)CC2. The molecule has 2 N–H and O–H groups in total. The maximum atomic E-state index is 12.5. The number of hydrogen-bond acceptors (Lipinski definition) is 2. The van der Waals surface area contributed by atoms with Crippen molar-refractivity contribution in [3.05, 3.63) is 65.2 Å². The Labute approximate surface area is 123 Å². The molecule has 1 heterocycles. The number of fused-ring (bicyclic) bond motifs is 1. The van der Waals surface area contributed by atoms with Crippen LogP contribution in [0.2, 0.25) is 0 Å². The van der Waals surface area contributed by atoms with Gasteiger partial charge in [-0.25, -0.2) is 0 Å². The number of benzene rings is 2. The highest BCUT2D eigenvalue weighted by Crippen LogP contribution is 2.29. The van der Waals surface area contributed by atoms with Crippen LogP contribution in [0, 0.1) is 0 Å². The molecule has 0 aliphatic carbocycles. The van der Waals surface area contributed by atoms with Gasteiger partial charge in [0.1, 0.15) is 0 Å². The third-order valence-electron chi connectivity index (χ3n) is 3.76. The molecule has 0 fully saturated rings. The van der Waals surface area contributed by atoms with Crippen molar-refractivity contribution < 1.29 is 9.59 Å². The standard InChI is InChI=1S/C17H16N2O2/c18-17(21)14-7-6-13-8-9-19(15(13)11-14)16(20)10-12-4-2-1-3-5-12/h1-7,11H,8-10H2,(H2,18,21). The second kappa shape index (κ2) is 5.40. The summed E-state index contributed by atoms with van der Waals surface area (Å²) in [5.74, 6) is -0.429. The van der Waals surface area contributed by atoms with Gasteiger partial charge in [0, 0.05) is 17.8 Å². The van der Waals surface area contributed by atoms with Gasteiger partial charge in [-0.05, 0) is 29.7 Å². The van der Waals surface area contributed by atoms with Crippen LogP contribution < -0.4 is 10.6 Å². The number of nitrogens with zero attached hydrogens (tertiary/aromatic N) is 1. The van der Waals surface area contributed by atoms with Crippen LogP contribution in [0.5, 0.6) is 0 Å². The van der Waals surface area contributed by atoms with Gasteiger partial charge in [0.15, 0.2) is 0 Å². The summed E-state index contributed by atoms with van der Waals surface area (Å²) in [6.45, 7) is 0.656. The minimum atomic E-state index is -0.472. The van der Waals surface area contributed by atoms with E-state index in [-0.39, 0.29) is 5.91 Å². The van der Waals surface area contributed by atoms with E-state index in [4.69, 9.17) is 5.73 Å². The lowest BCUT2D eigenvalue weighted by atomic mass is 10.1. The molecule has 2 aromatic rings. The molecule has 2 amide bonds. The van der Waals surface area contributed by atoms with Gasteiger partial charge < -0.3 is 10.6 Å². The van der Waals surface area contributed by atoms with Crippen LogP contribution in [0.3, 0.4) is 0 Å². The number of amides is 2. The highest BCUT2D eigenvalue weighted by molar-refractivity contribution is 5.99. The first-order valence-corrected chi connectivity index (χ1v) is 6.92. The monoisotopic (exact) mass is 280 g/mol. The van der Waals surface area contributed by atoms with E-state index < -0.39 is 5.91 Å². The molecule has 2 aromatic carbocycles. The van der Waals surface area contributed by atoms with Crippen molar-refractivity contribution in [3.63, 3.8) is 0 Å². The van der Waals surface area contributed by atoms with E-state index in [0.29, 0.717) is 18.5 Å². The van der Waals surface area contributed by atoms with Crippen LogP contribution in [-0.2, 0) is 17.6 Å². The van der Waals surface area contributed by atoms with Crippen molar-refractivity contribution in [3.8, 4) is 0 Å². The Balaban J connectivity index is 1.84. The Kier molecular flexibility index (Phi) is 3.44. The van der Waals surface area contributed by atoms with Gasteiger partial charge in [-0.2, -0.15) is 0 Å². The molecule has 4 heteroatoms. The molecule has 0 atom stereocenters. The number of carbonyl (C=O) groups excluding carboxylic acids is 2. The number of anilines is 1. The molecule has 0 saturated carbocycles. The van der Waals surface area contributed by atoms with Gasteiger partial charge in [0.05, 0.1) is 6.42 Å². The van der Waals surface area contributed by atoms with E-state index >= 15 is 0 Å². The second-order valence-electron chi connectivity index (χ2n) is 5.17. The van der Waals surface area contributed by atoms with E-state index in [9.17, 15) is 9.59 Å². The predicted octanol–water partition coefficient (Wildman–Crippen LogP) is 1.92. The molecule has 0 aromatic heterocycles. The predicted molar refractivity (Wildman–Crippen MR) is 81.2 cm³/mol. The summed E-state index contributed by atoms with van der Waals surface area (Å²) < 4.78 is 0. The van der Waals surface area contributed by atoms with Gasteiger partial charge in [-0.1, -0.05) is 36.4 Å². The van der Waals surface area contributed by atoms with Crippen molar-refractivity contribution >= 4 is 17.5 Å². The fraction of sp³-hybridized carbons (Fsp3) is 0.176. The van der Waals surface area contributed by atoms with E-state index in [2.05, 4.69) is 0 Å². The summed E-state index contributed by atoms with van der Waals surface area (Å²) in [6.07, 6.45) is 1.18. The molecular weight excluding hydrogens is 264 g/mol. The normalized spacial score (nSPS) is 13.0. The number of nitrogens with two attached hydrogens (primary N) is 1. The first-order chi connectivity index (χ1) is 10.1. The summed E-state index contributed by atoms with van der Waals surface area (Å²) in [7, 11) is 0. The first kappa shape index (κ1) is 13.4. The highest BCUT2D eigenvalue weighted by Gasteiger charge is 2.25. The molecule has 0 radical (unpaired) electrons. The van der Waals surface area contributed by atoms with Crippen LogP contribution in [0.4, 0.5) is 5.69 Å². The molecule has 0 bridgehead atoms. The Morgan fingerprint density at radius 1 is 1.10 bits per heavy atom. The molecule has 0 unspecified atom stereocenters. The molecule has 106 valence electrons. The molecule has 1 aliphatic rings. The third kappa shape index (κ3) is 2.65. The van der Waals surface area contributed by atoms with Gasteiger partial charge in [-0.15, -0.1) is 0 Å². The number of hydrogen-bond donors (Lipinski definition) is 1. The molecule has 3 rings (SSSR count). The average molecular weight is 280 g/mol. The molecule has 0 saturated heterocycles. The Bertz CT molecular complexity index is 695. The van der Waals surface area contributed by atoms with Crippen LogP contribution in [-0.4, -0.2) is 18.4 Å². The second-order valence-corrected chi connectivity index (χ2v) is 5.17. The minimum Gasteiger partial charge on any atom is -0.366 e. The van der Waals surface area contributed by atoms with Crippen molar-refractivity contribution in [2.75, 3.05) is 11.4 Å². The summed E-state index contributed by atoms with van der Waals surface area (Å²) in [5, 5.41) is 0. The highest BCUT2D eigenvalue weighted by atomic mass is 16.2. The quantitative estimate of drug-likeness (QED) is 0.933. The Morgan fingerprint density at radius 2 is 1.86 bits per heavy atom. The Hall–Kier alpha value is -2.62. The van der Waals surface area contributed by atoms with Gasteiger partial charge >= 0.3 is 0 Å². The maximum absolute atomic E-state index is 12.5. The van der Waals surface area contributed by atoms with E-state index in [1.165, 1.54) is 0 Å². The molecule has 4 nitrogen and oxygen atoms in total. The summed E-state index contributed by atoms with van der Waals surface area (Å²) in [6, 6.07) is 15.0. The summed E-state index contributed by atoms with van der Waals surface area (Å²) in [4.78, 5) is 25.5.